The average Bonchev–Trinajstić information content (AvgIpc) is 2.83. The van der Waals surface area contributed by atoms with Gasteiger partial charge in [-0.3, -0.25) is 0 Å². The van der Waals surface area contributed by atoms with E-state index in [2.05, 4.69) is 32.0 Å². The molecular weight excluding hydrogens is 252 g/mol. The molecule has 0 aromatic heterocycles. The molecule has 3 rings (SSSR count). The molecular formula is C17H24O3. The van der Waals surface area contributed by atoms with E-state index in [0.29, 0.717) is 13.2 Å². The van der Waals surface area contributed by atoms with E-state index in [-0.39, 0.29) is 5.41 Å². The molecule has 0 spiro atoms. The molecule has 3 nitrogen and oxygen atoms in total. The largest absolute Gasteiger partial charge is 0.385 e. The van der Waals surface area contributed by atoms with Gasteiger partial charge in [0.05, 0.1) is 18.8 Å². The average molecular weight is 276 g/mol. The summed E-state index contributed by atoms with van der Waals surface area (Å²) in [5, 5.41) is 10.7. The van der Waals surface area contributed by atoms with Crippen LogP contribution < -0.4 is 0 Å². The Morgan fingerprint density at radius 3 is 2.25 bits per heavy atom. The van der Waals surface area contributed by atoms with Gasteiger partial charge in [-0.25, -0.2) is 0 Å². The first kappa shape index (κ1) is 14.1. The number of ether oxygens (including phenoxy) is 2. The maximum Gasteiger partial charge on any atom is 0.192 e. The topological polar surface area (TPSA) is 38.7 Å². The molecule has 3 heteroatoms. The van der Waals surface area contributed by atoms with Crippen molar-refractivity contribution in [3.8, 4) is 0 Å². The normalized spacial score (nSPS) is 31.1. The van der Waals surface area contributed by atoms with E-state index in [1.165, 1.54) is 5.56 Å². The van der Waals surface area contributed by atoms with E-state index in [0.717, 1.165) is 24.0 Å². The van der Waals surface area contributed by atoms with Crippen LogP contribution in [0.2, 0.25) is 0 Å². The summed E-state index contributed by atoms with van der Waals surface area (Å²) in [6, 6.07) is 6.28. The molecule has 1 fully saturated rings. The van der Waals surface area contributed by atoms with Crippen LogP contribution in [0, 0.1) is 0 Å². The van der Waals surface area contributed by atoms with Crippen LogP contribution in [-0.4, -0.2) is 18.3 Å². The molecule has 0 saturated carbocycles. The summed E-state index contributed by atoms with van der Waals surface area (Å²) < 4.78 is 11.5. The summed E-state index contributed by atoms with van der Waals surface area (Å²) in [6.07, 6.45) is 1.78. The Morgan fingerprint density at radius 1 is 0.950 bits per heavy atom. The predicted octanol–water partition coefficient (Wildman–Crippen LogP) is 3.19. The fourth-order valence-corrected chi connectivity index (χ4v) is 3.37. The second kappa shape index (κ2) is 4.30. The van der Waals surface area contributed by atoms with Crippen molar-refractivity contribution >= 4 is 0 Å². The summed E-state index contributed by atoms with van der Waals surface area (Å²) in [4.78, 5) is 0. The molecule has 1 aromatic rings. The van der Waals surface area contributed by atoms with Crippen molar-refractivity contribution in [3.05, 3.63) is 34.9 Å². The zero-order chi connectivity index (χ0) is 14.6. The molecule has 2 aliphatic rings. The highest BCUT2D eigenvalue weighted by Crippen LogP contribution is 2.46. The Morgan fingerprint density at radius 2 is 1.60 bits per heavy atom. The number of hydrogen-bond acceptors (Lipinski definition) is 3. The smallest absolute Gasteiger partial charge is 0.192 e. The van der Waals surface area contributed by atoms with Crippen LogP contribution in [0.15, 0.2) is 18.2 Å². The minimum atomic E-state index is -0.768. The van der Waals surface area contributed by atoms with Gasteiger partial charge in [0.2, 0.25) is 0 Å². The summed E-state index contributed by atoms with van der Waals surface area (Å²) >= 11 is 0. The van der Waals surface area contributed by atoms with E-state index in [1.807, 2.05) is 13.8 Å². The van der Waals surface area contributed by atoms with Gasteiger partial charge in [0.25, 0.3) is 0 Å². The van der Waals surface area contributed by atoms with E-state index >= 15 is 0 Å². The molecule has 0 bridgehead atoms. The molecule has 1 N–H and O–H groups in total. The fraction of sp³-hybridized carbons (Fsp3) is 0.647. The van der Waals surface area contributed by atoms with Crippen molar-refractivity contribution < 1.29 is 14.6 Å². The third-order valence-corrected chi connectivity index (χ3v) is 4.93. The molecule has 1 aromatic carbocycles. The third-order valence-electron chi connectivity index (χ3n) is 4.93. The molecule has 1 saturated heterocycles. The van der Waals surface area contributed by atoms with Crippen molar-refractivity contribution in [1.29, 1.82) is 0 Å². The van der Waals surface area contributed by atoms with Crippen molar-refractivity contribution in [2.24, 2.45) is 0 Å². The van der Waals surface area contributed by atoms with E-state index in [1.54, 1.807) is 0 Å². The monoisotopic (exact) mass is 276 g/mol. The van der Waals surface area contributed by atoms with Gasteiger partial charge in [-0.05, 0) is 49.3 Å². The second-order valence-electron chi connectivity index (χ2n) is 7.06. The number of rotatable bonds is 1. The number of aliphatic hydroxyl groups is 1. The van der Waals surface area contributed by atoms with Crippen LogP contribution in [0.4, 0.5) is 0 Å². The molecule has 1 unspecified atom stereocenters. The first-order chi connectivity index (χ1) is 9.25. The minimum absolute atomic E-state index is 0.106. The summed E-state index contributed by atoms with van der Waals surface area (Å²) in [5.74, 6) is -0.674. The lowest BCUT2D eigenvalue weighted by Crippen LogP contribution is -2.36. The first-order valence-electron chi connectivity index (χ1n) is 7.40. The van der Waals surface area contributed by atoms with Gasteiger partial charge in [-0.15, -0.1) is 0 Å². The van der Waals surface area contributed by atoms with E-state index < -0.39 is 11.4 Å². The first-order valence-corrected chi connectivity index (χ1v) is 7.40. The van der Waals surface area contributed by atoms with E-state index in [9.17, 15) is 5.11 Å². The van der Waals surface area contributed by atoms with Crippen molar-refractivity contribution in [1.82, 2.24) is 0 Å². The van der Waals surface area contributed by atoms with Gasteiger partial charge in [0.1, 0.15) is 0 Å². The number of fused-ring (bicyclic) bond motifs is 1. The number of benzene rings is 1. The van der Waals surface area contributed by atoms with Crippen LogP contribution in [-0.2, 0) is 26.3 Å². The lowest BCUT2D eigenvalue weighted by atomic mass is 9.67. The van der Waals surface area contributed by atoms with Gasteiger partial charge >= 0.3 is 0 Å². The highest BCUT2D eigenvalue weighted by molar-refractivity contribution is 5.43. The highest BCUT2D eigenvalue weighted by atomic mass is 16.7. The van der Waals surface area contributed by atoms with Gasteiger partial charge in [0, 0.05) is 5.56 Å². The minimum Gasteiger partial charge on any atom is -0.385 e. The zero-order valence-electron chi connectivity index (χ0n) is 12.8. The Labute approximate surface area is 120 Å². The molecule has 20 heavy (non-hydrogen) atoms. The lowest BCUT2D eigenvalue weighted by molar-refractivity contribution is -0.149. The molecule has 1 atom stereocenters. The SMILES string of the molecule is CC1(C)CCC(C)(O)c2cc(C3(C)OCCO3)ccc21. The molecule has 1 heterocycles. The van der Waals surface area contributed by atoms with Crippen molar-refractivity contribution in [2.75, 3.05) is 13.2 Å². The number of hydrogen-bond donors (Lipinski definition) is 1. The van der Waals surface area contributed by atoms with Crippen LogP contribution in [0.1, 0.15) is 57.2 Å². The summed E-state index contributed by atoms with van der Waals surface area (Å²) in [6.45, 7) is 9.58. The highest BCUT2D eigenvalue weighted by Gasteiger charge is 2.41. The third kappa shape index (κ3) is 2.09. The second-order valence-corrected chi connectivity index (χ2v) is 7.06. The van der Waals surface area contributed by atoms with Crippen LogP contribution in [0.25, 0.3) is 0 Å². The molecule has 0 amide bonds. The molecule has 0 radical (unpaired) electrons. The standard InChI is InChI=1S/C17H24O3/c1-15(2)7-8-16(3,18)14-11-12(5-6-13(14)15)17(4)19-9-10-20-17/h5-6,11,18H,7-10H2,1-4H3. The summed E-state index contributed by atoms with van der Waals surface area (Å²) in [5.41, 5.74) is 2.59. The van der Waals surface area contributed by atoms with Gasteiger partial charge < -0.3 is 14.6 Å². The zero-order valence-corrected chi connectivity index (χ0v) is 12.8. The van der Waals surface area contributed by atoms with E-state index in [4.69, 9.17) is 9.47 Å². The van der Waals surface area contributed by atoms with Gasteiger partial charge in [-0.2, -0.15) is 0 Å². The molecule has 1 aliphatic carbocycles. The molecule has 1 aliphatic heterocycles. The Hall–Kier alpha value is -0.900. The summed E-state index contributed by atoms with van der Waals surface area (Å²) in [7, 11) is 0. The van der Waals surface area contributed by atoms with Crippen LogP contribution >= 0.6 is 0 Å². The fourth-order valence-electron chi connectivity index (χ4n) is 3.37. The maximum absolute atomic E-state index is 10.7. The van der Waals surface area contributed by atoms with Crippen LogP contribution in [0.3, 0.4) is 0 Å². The van der Waals surface area contributed by atoms with Gasteiger partial charge in [0.15, 0.2) is 5.79 Å². The van der Waals surface area contributed by atoms with Crippen LogP contribution in [0.5, 0.6) is 0 Å². The Bertz CT molecular complexity index is 525. The quantitative estimate of drug-likeness (QED) is 0.856. The van der Waals surface area contributed by atoms with Crippen molar-refractivity contribution in [3.63, 3.8) is 0 Å². The lowest BCUT2D eigenvalue weighted by Gasteiger charge is -2.41. The van der Waals surface area contributed by atoms with Gasteiger partial charge in [-0.1, -0.05) is 26.0 Å². The Balaban J connectivity index is 2.11. The maximum atomic E-state index is 10.7. The molecule has 110 valence electrons. The predicted molar refractivity (Wildman–Crippen MR) is 77.5 cm³/mol. The van der Waals surface area contributed by atoms with Crippen molar-refractivity contribution in [2.45, 2.75) is 57.3 Å². The Kier molecular flexibility index (Phi) is 3.02.